The van der Waals surface area contributed by atoms with E-state index in [4.69, 9.17) is 10.00 Å². The SMILES string of the molecule is N#Cc1cc(F)c(O[C@H]2CN(S(=O)(=O)c3ccc(C(F)(F)F)cc3C#N)C[C@@]2(O)CO)cc1F. The molecule has 3 rings (SSSR count). The van der Waals surface area contributed by atoms with Crippen LogP contribution < -0.4 is 4.74 Å². The van der Waals surface area contributed by atoms with E-state index in [0.29, 0.717) is 34.6 Å². The maximum absolute atomic E-state index is 14.2. The molecular formula is C20H14F5N3O5S. The molecule has 0 unspecified atom stereocenters. The summed E-state index contributed by atoms with van der Waals surface area (Å²) >= 11 is 0. The van der Waals surface area contributed by atoms with Gasteiger partial charge in [-0.2, -0.15) is 28.0 Å². The van der Waals surface area contributed by atoms with Crippen molar-refractivity contribution in [3.8, 4) is 17.9 Å². The van der Waals surface area contributed by atoms with Crippen molar-refractivity contribution in [3.05, 3.63) is 58.7 Å². The molecule has 1 aliphatic heterocycles. The molecule has 2 atom stereocenters. The van der Waals surface area contributed by atoms with Gasteiger partial charge in [0.25, 0.3) is 0 Å². The Bertz CT molecular complexity index is 1320. The van der Waals surface area contributed by atoms with E-state index >= 15 is 0 Å². The summed E-state index contributed by atoms with van der Waals surface area (Å²) in [7, 11) is -4.70. The van der Waals surface area contributed by atoms with Gasteiger partial charge in [-0.05, 0) is 24.3 Å². The van der Waals surface area contributed by atoms with E-state index < -0.39 is 86.6 Å². The summed E-state index contributed by atoms with van der Waals surface area (Å²) in [5.41, 5.74) is -5.02. The lowest BCUT2D eigenvalue weighted by Crippen LogP contribution is -2.48. The van der Waals surface area contributed by atoms with E-state index in [9.17, 15) is 45.8 Å². The molecule has 0 aromatic heterocycles. The second-order valence-electron chi connectivity index (χ2n) is 7.36. The molecule has 0 aliphatic carbocycles. The highest BCUT2D eigenvalue weighted by Gasteiger charge is 2.51. The summed E-state index contributed by atoms with van der Waals surface area (Å²) < 4.78 is 98.7. The maximum Gasteiger partial charge on any atom is 0.416 e. The van der Waals surface area contributed by atoms with E-state index in [2.05, 4.69) is 0 Å². The van der Waals surface area contributed by atoms with Crippen LogP contribution in [0.4, 0.5) is 22.0 Å². The first kappa shape index (κ1) is 25.3. The summed E-state index contributed by atoms with van der Waals surface area (Å²) in [6.45, 7) is -2.64. The van der Waals surface area contributed by atoms with E-state index in [1.54, 1.807) is 0 Å². The van der Waals surface area contributed by atoms with Crippen LogP contribution in [0.1, 0.15) is 16.7 Å². The Morgan fingerprint density at radius 2 is 1.76 bits per heavy atom. The average molecular weight is 503 g/mol. The molecular weight excluding hydrogens is 489 g/mol. The van der Waals surface area contributed by atoms with Crippen LogP contribution in [0.5, 0.6) is 5.75 Å². The zero-order valence-electron chi connectivity index (χ0n) is 16.8. The Balaban J connectivity index is 1.97. The number of β-amino-alcohol motifs (C(OH)–C–C–N with tert-alkyl or cyclic N) is 1. The second-order valence-corrected chi connectivity index (χ2v) is 9.27. The lowest BCUT2D eigenvalue weighted by Gasteiger charge is -2.27. The normalized spacial score (nSPS) is 21.1. The lowest BCUT2D eigenvalue weighted by molar-refractivity contribution is -0.137. The van der Waals surface area contributed by atoms with Crippen molar-refractivity contribution < 1.29 is 45.3 Å². The smallest absolute Gasteiger partial charge is 0.416 e. The van der Waals surface area contributed by atoms with Gasteiger partial charge in [0, 0.05) is 12.6 Å². The minimum Gasteiger partial charge on any atom is -0.483 e. The molecule has 34 heavy (non-hydrogen) atoms. The molecule has 0 spiro atoms. The fourth-order valence-corrected chi connectivity index (χ4v) is 4.95. The Hall–Kier alpha value is -3.30. The predicted molar refractivity (Wildman–Crippen MR) is 102 cm³/mol. The van der Waals surface area contributed by atoms with Gasteiger partial charge in [-0.1, -0.05) is 0 Å². The molecule has 1 heterocycles. The first-order valence-corrected chi connectivity index (χ1v) is 10.7. The largest absolute Gasteiger partial charge is 0.483 e. The molecule has 180 valence electrons. The molecule has 1 fully saturated rings. The van der Waals surface area contributed by atoms with Crippen molar-refractivity contribution >= 4 is 10.0 Å². The highest BCUT2D eigenvalue weighted by atomic mass is 32.2. The number of hydrogen-bond donors (Lipinski definition) is 2. The zero-order chi connectivity index (χ0) is 25.5. The van der Waals surface area contributed by atoms with Crippen LogP contribution in [0.15, 0.2) is 35.2 Å². The van der Waals surface area contributed by atoms with E-state index in [0.717, 1.165) is 0 Å². The topological polar surface area (TPSA) is 135 Å². The third-order valence-corrected chi connectivity index (χ3v) is 7.02. The number of nitrogens with zero attached hydrogens (tertiary/aromatic N) is 3. The van der Waals surface area contributed by atoms with Crippen LogP contribution >= 0.6 is 0 Å². The summed E-state index contributed by atoms with van der Waals surface area (Å²) in [5.74, 6) is -3.13. The maximum atomic E-state index is 14.2. The number of aliphatic hydroxyl groups is 2. The van der Waals surface area contributed by atoms with Crippen LogP contribution in [0.3, 0.4) is 0 Å². The molecule has 2 aromatic rings. The standard InChI is InChI=1S/C20H14F5N3O5S/c21-14-5-16(15(22)4-11(14)6-26)33-18-8-28(9-19(18,30)10-29)34(31,32)17-2-1-13(20(23,24)25)3-12(17)7-27/h1-5,18,29-30H,8-10H2/t18-,19+/m0/s1. The number of hydrogen-bond acceptors (Lipinski definition) is 7. The van der Waals surface area contributed by atoms with Crippen molar-refractivity contribution in [1.82, 2.24) is 4.31 Å². The van der Waals surface area contributed by atoms with Crippen LogP contribution in [0, 0.1) is 34.3 Å². The number of ether oxygens (including phenoxy) is 1. The minimum atomic E-state index is -4.84. The van der Waals surface area contributed by atoms with Gasteiger partial charge in [-0.15, -0.1) is 0 Å². The second kappa shape index (κ2) is 8.81. The number of rotatable bonds is 5. The van der Waals surface area contributed by atoms with E-state index in [-0.39, 0.29) is 0 Å². The molecule has 0 bridgehead atoms. The summed E-state index contributed by atoms with van der Waals surface area (Å²) in [4.78, 5) is -0.792. The molecule has 0 saturated carbocycles. The summed E-state index contributed by atoms with van der Waals surface area (Å²) in [6, 6.07) is 5.21. The van der Waals surface area contributed by atoms with Crippen molar-refractivity contribution in [1.29, 1.82) is 10.5 Å². The monoisotopic (exact) mass is 503 g/mol. The van der Waals surface area contributed by atoms with Gasteiger partial charge >= 0.3 is 6.18 Å². The third-order valence-electron chi connectivity index (χ3n) is 5.15. The number of nitriles is 2. The van der Waals surface area contributed by atoms with Crippen molar-refractivity contribution in [2.45, 2.75) is 22.8 Å². The van der Waals surface area contributed by atoms with Gasteiger partial charge < -0.3 is 14.9 Å². The first-order valence-electron chi connectivity index (χ1n) is 9.27. The molecule has 0 radical (unpaired) electrons. The Morgan fingerprint density at radius 3 is 2.32 bits per heavy atom. The first-order chi connectivity index (χ1) is 15.8. The third kappa shape index (κ3) is 4.53. The molecule has 1 aliphatic rings. The molecule has 1 saturated heterocycles. The van der Waals surface area contributed by atoms with Gasteiger partial charge in [0.2, 0.25) is 10.0 Å². The van der Waals surface area contributed by atoms with Gasteiger partial charge in [-0.3, -0.25) is 0 Å². The Labute approximate surface area is 189 Å². The summed E-state index contributed by atoms with van der Waals surface area (Å²) in [6.07, 6.45) is -6.48. The minimum absolute atomic E-state index is 0.351. The molecule has 8 nitrogen and oxygen atoms in total. The lowest BCUT2D eigenvalue weighted by atomic mass is 10.0. The van der Waals surface area contributed by atoms with Crippen LogP contribution in [0.2, 0.25) is 0 Å². The van der Waals surface area contributed by atoms with Crippen LogP contribution in [-0.4, -0.2) is 54.3 Å². The number of sulfonamides is 1. The fourth-order valence-electron chi connectivity index (χ4n) is 3.32. The van der Waals surface area contributed by atoms with Crippen LogP contribution in [0.25, 0.3) is 0 Å². The van der Waals surface area contributed by atoms with Gasteiger partial charge in [0.1, 0.15) is 29.7 Å². The fraction of sp³-hybridized carbons (Fsp3) is 0.300. The number of alkyl halides is 3. The van der Waals surface area contributed by atoms with Crippen molar-refractivity contribution in [3.63, 3.8) is 0 Å². The quantitative estimate of drug-likeness (QED) is 0.595. The molecule has 14 heteroatoms. The van der Waals surface area contributed by atoms with Gasteiger partial charge in [0.05, 0.1) is 34.7 Å². The summed E-state index contributed by atoms with van der Waals surface area (Å²) in [5, 5.41) is 38.2. The average Bonchev–Trinajstić information content (AvgIpc) is 3.12. The number of benzene rings is 2. The number of aliphatic hydroxyl groups excluding tert-OH is 1. The number of halogens is 5. The van der Waals surface area contributed by atoms with Crippen LogP contribution in [-0.2, 0) is 16.2 Å². The highest BCUT2D eigenvalue weighted by molar-refractivity contribution is 7.89. The highest BCUT2D eigenvalue weighted by Crippen LogP contribution is 2.35. The van der Waals surface area contributed by atoms with Gasteiger partial charge in [-0.25, -0.2) is 17.2 Å². The molecule has 2 aromatic carbocycles. The Morgan fingerprint density at radius 1 is 1.12 bits per heavy atom. The van der Waals surface area contributed by atoms with E-state index in [1.165, 1.54) is 12.1 Å². The predicted octanol–water partition coefficient (Wildman–Crippen LogP) is 1.90. The zero-order valence-corrected chi connectivity index (χ0v) is 17.7. The van der Waals surface area contributed by atoms with Crippen molar-refractivity contribution in [2.75, 3.05) is 19.7 Å². The molecule has 0 amide bonds. The van der Waals surface area contributed by atoms with E-state index in [1.807, 2.05) is 0 Å². The Kier molecular flexibility index (Phi) is 6.56. The van der Waals surface area contributed by atoms with Crippen molar-refractivity contribution in [2.24, 2.45) is 0 Å². The van der Waals surface area contributed by atoms with Gasteiger partial charge in [0.15, 0.2) is 11.6 Å². The molecule has 2 N–H and O–H groups in total.